The third-order valence-corrected chi connectivity index (χ3v) is 8.35. The Balaban J connectivity index is 2.37. The van der Waals surface area contributed by atoms with Crippen LogP contribution in [0.4, 0.5) is 11.4 Å². The van der Waals surface area contributed by atoms with Gasteiger partial charge in [0, 0.05) is 30.8 Å². The van der Waals surface area contributed by atoms with Gasteiger partial charge in [0.25, 0.3) is 17.4 Å². The third-order valence-electron chi connectivity index (χ3n) is 8.35. The van der Waals surface area contributed by atoms with E-state index in [1.807, 2.05) is 11.8 Å². The maximum atomic E-state index is 13.8. The summed E-state index contributed by atoms with van der Waals surface area (Å²) in [5.74, 6) is -0.326. The number of aromatic hydroxyl groups is 1. The summed E-state index contributed by atoms with van der Waals surface area (Å²) >= 11 is 0. The van der Waals surface area contributed by atoms with Crippen molar-refractivity contribution < 1.29 is 14.7 Å². The maximum Gasteiger partial charge on any atom is 0.281 e. The number of pyridine rings is 1. The van der Waals surface area contributed by atoms with Crippen LogP contribution in [0.1, 0.15) is 125 Å². The second kappa shape index (κ2) is 18.2. The molecule has 9 heteroatoms. The number of hydrogen-bond donors (Lipinski definition) is 2. The minimum Gasteiger partial charge on any atom is -0.494 e. The van der Waals surface area contributed by atoms with Gasteiger partial charge in [-0.3, -0.25) is 19.0 Å². The van der Waals surface area contributed by atoms with Gasteiger partial charge in [0.2, 0.25) is 5.88 Å². The summed E-state index contributed by atoms with van der Waals surface area (Å²) < 4.78 is 1.12. The zero-order valence-corrected chi connectivity index (χ0v) is 27.2. The maximum absolute atomic E-state index is 13.8. The third kappa shape index (κ3) is 10.0. The summed E-state index contributed by atoms with van der Waals surface area (Å²) in [6, 6.07) is 6.92. The first-order chi connectivity index (χ1) is 20.6. The van der Waals surface area contributed by atoms with Crippen molar-refractivity contribution in [2.45, 2.75) is 112 Å². The van der Waals surface area contributed by atoms with Crippen LogP contribution < -0.4 is 11.3 Å². The molecule has 2 atom stereocenters. The fourth-order valence-corrected chi connectivity index (χ4v) is 5.40. The lowest BCUT2D eigenvalue weighted by atomic mass is 9.95. The average molecular weight is 596 g/mol. The van der Waals surface area contributed by atoms with E-state index in [-0.39, 0.29) is 29.3 Å². The molecule has 0 bridgehead atoms. The Morgan fingerprint density at radius 1 is 0.884 bits per heavy atom. The Morgan fingerprint density at radius 3 is 1.88 bits per heavy atom. The van der Waals surface area contributed by atoms with E-state index in [1.165, 1.54) is 19.8 Å². The second-order valence-corrected chi connectivity index (χ2v) is 11.6. The summed E-state index contributed by atoms with van der Waals surface area (Å²) in [4.78, 5) is 41.1. The molecule has 0 aliphatic carbocycles. The van der Waals surface area contributed by atoms with E-state index >= 15 is 0 Å². The number of aromatic nitrogens is 1. The molecule has 0 radical (unpaired) electrons. The van der Waals surface area contributed by atoms with Gasteiger partial charge < -0.3 is 15.7 Å². The Kier molecular flexibility index (Phi) is 15.1. The Labute approximate surface area is 257 Å². The smallest absolute Gasteiger partial charge is 0.281 e. The molecular formula is C34H53N5O4. The first kappa shape index (κ1) is 35.7. The standard InChI is InChI=1S/C34H53N5O4/c1-7-12-15-25(10-4)22-38(23-26(11-5)16-13-8-2)32(41)27-17-19-28(20-18-27)36-37-30-24(6)29(31(35)40)33(42)39(34(30)43)21-14-9-3/h17-20,25-26,42H,7-16,21-23H2,1-6H3,(H2,35,40). The zero-order valence-electron chi connectivity index (χ0n) is 27.2. The highest BCUT2D eigenvalue weighted by atomic mass is 16.3. The molecule has 0 aliphatic heterocycles. The molecule has 2 aromatic rings. The van der Waals surface area contributed by atoms with Crippen molar-refractivity contribution in [1.82, 2.24) is 9.47 Å². The second-order valence-electron chi connectivity index (χ2n) is 11.6. The number of benzene rings is 1. The van der Waals surface area contributed by atoms with E-state index < -0.39 is 17.3 Å². The lowest BCUT2D eigenvalue weighted by Crippen LogP contribution is -2.39. The SMILES string of the molecule is CCCCC(CC)CN(CC(CC)CCCC)C(=O)c1ccc(N=Nc2c(C)c(C(N)=O)c(O)n(CCCC)c2=O)cc1. The van der Waals surface area contributed by atoms with E-state index in [9.17, 15) is 19.5 Å². The number of primary amides is 1. The van der Waals surface area contributed by atoms with Crippen LogP contribution in [0, 0.1) is 18.8 Å². The van der Waals surface area contributed by atoms with Gasteiger partial charge >= 0.3 is 0 Å². The van der Waals surface area contributed by atoms with Crippen LogP contribution in [0.15, 0.2) is 39.3 Å². The molecule has 0 fully saturated rings. The van der Waals surface area contributed by atoms with Gasteiger partial charge in [0.05, 0.1) is 5.69 Å². The molecule has 43 heavy (non-hydrogen) atoms. The van der Waals surface area contributed by atoms with Crippen LogP contribution in [-0.4, -0.2) is 39.5 Å². The van der Waals surface area contributed by atoms with Gasteiger partial charge in [-0.2, -0.15) is 5.11 Å². The van der Waals surface area contributed by atoms with Gasteiger partial charge in [0.1, 0.15) is 5.56 Å². The number of amides is 2. The molecule has 0 saturated heterocycles. The molecule has 1 aromatic heterocycles. The number of azo groups is 1. The number of hydrogen-bond acceptors (Lipinski definition) is 6. The molecule has 2 unspecified atom stereocenters. The van der Waals surface area contributed by atoms with Crippen molar-refractivity contribution in [3.05, 3.63) is 51.3 Å². The van der Waals surface area contributed by atoms with Crippen molar-refractivity contribution in [2.24, 2.45) is 27.8 Å². The number of rotatable bonds is 19. The lowest BCUT2D eigenvalue weighted by Gasteiger charge is -2.31. The van der Waals surface area contributed by atoms with Gasteiger partial charge in [-0.25, -0.2) is 0 Å². The van der Waals surface area contributed by atoms with E-state index in [0.717, 1.165) is 62.6 Å². The van der Waals surface area contributed by atoms with Crippen molar-refractivity contribution >= 4 is 23.2 Å². The highest BCUT2D eigenvalue weighted by Gasteiger charge is 2.24. The van der Waals surface area contributed by atoms with Crippen LogP contribution in [0.3, 0.4) is 0 Å². The molecule has 0 spiro atoms. The molecular weight excluding hydrogens is 542 g/mol. The fraction of sp³-hybridized carbons (Fsp3) is 0.618. The lowest BCUT2D eigenvalue weighted by molar-refractivity contribution is 0.0684. The Morgan fingerprint density at radius 2 is 1.42 bits per heavy atom. The number of nitrogens with two attached hydrogens (primary N) is 1. The van der Waals surface area contributed by atoms with Crippen LogP contribution in [-0.2, 0) is 6.54 Å². The minimum absolute atomic E-state index is 0.0210. The van der Waals surface area contributed by atoms with Crippen LogP contribution in [0.25, 0.3) is 0 Å². The molecule has 0 aliphatic rings. The molecule has 238 valence electrons. The average Bonchev–Trinajstić information content (AvgIpc) is 3.00. The van der Waals surface area contributed by atoms with Crippen LogP contribution >= 0.6 is 0 Å². The highest BCUT2D eigenvalue weighted by molar-refractivity contribution is 5.97. The largest absolute Gasteiger partial charge is 0.494 e. The summed E-state index contributed by atoms with van der Waals surface area (Å²) in [5, 5.41) is 19.0. The van der Waals surface area contributed by atoms with Crippen LogP contribution in [0.5, 0.6) is 5.88 Å². The van der Waals surface area contributed by atoms with Crippen molar-refractivity contribution in [2.75, 3.05) is 13.1 Å². The van der Waals surface area contributed by atoms with Gasteiger partial charge in [-0.15, -0.1) is 5.11 Å². The Bertz CT molecular complexity index is 1250. The first-order valence-electron chi connectivity index (χ1n) is 16.2. The number of carbonyl (C=O) groups is 2. The summed E-state index contributed by atoms with van der Waals surface area (Å²) in [6.45, 7) is 14.0. The van der Waals surface area contributed by atoms with Gasteiger partial charge in [-0.05, 0) is 62.3 Å². The molecule has 1 heterocycles. The molecule has 2 amide bonds. The summed E-state index contributed by atoms with van der Waals surface area (Å²) in [7, 11) is 0. The monoisotopic (exact) mass is 595 g/mol. The van der Waals surface area contributed by atoms with Gasteiger partial charge in [-0.1, -0.05) is 79.6 Å². The van der Waals surface area contributed by atoms with Gasteiger partial charge in [0.15, 0.2) is 5.69 Å². The highest BCUT2D eigenvalue weighted by Crippen LogP contribution is 2.28. The van der Waals surface area contributed by atoms with E-state index in [0.29, 0.717) is 29.5 Å². The molecule has 9 nitrogen and oxygen atoms in total. The number of carbonyl (C=O) groups excluding carboxylic acids is 2. The van der Waals surface area contributed by atoms with E-state index in [2.05, 4.69) is 37.9 Å². The van der Waals surface area contributed by atoms with E-state index in [4.69, 9.17) is 5.73 Å². The first-order valence-corrected chi connectivity index (χ1v) is 16.2. The predicted molar refractivity (Wildman–Crippen MR) is 174 cm³/mol. The molecule has 1 aromatic carbocycles. The van der Waals surface area contributed by atoms with Crippen molar-refractivity contribution in [3.63, 3.8) is 0 Å². The quantitative estimate of drug-likeness (QED) is 0.159. The topological polar surface area (TPSA) is 130 Å². The van der Waals surface area contributed by atoms with Crippen molar-refractivity contribution in [1.29, 1.82) is 0 Å². The Hall–Kier alpha value is -3.49. The fourth-order valence-electron chi connectivity index (χ4n) is 5.40. The van der Waals surface area contributed by atoms with Crippen molar-refractivity contribution in [3.8, 4) is 5.88 Å². The molecule has 2 rings (SSSR count). The number of unbranched alkanes of at least 4 members (excludes halogenated alkanes) is 3. The van der Waals surface area contributed by atoms with Crippen LogP contribution in [0.2, 0.25) is 0 Å². The summed E-state index contributed by atoms with van der Waals surface area (Å²) in [5.41, 5.74) is 6.01. The summed E-state index contributed by atoms with van der Waals surface area (Å²) in [6.07, 6.45) is 10.4. The predicted octanol–water partition coefficient (Wildman–Crippen LogP) is 8.05. The number of nitrogens with zero attached hydrogens (tertiary/aromatic N) is 4. The minimum atomic E-state index is -0.843. The molecule has 0 saturated carbocycles. The molecule has 3 N–H and O–H groups in total. The zero-order chi connectivity index (χ0) is 31.9. The van der Waals surface area contributed by atoms with E-state index in [1.54, 1.807) is 24.3 Å². The normalized spacial score (nSPS) is 12.9.